The fraction of sp³-hybridized carbons (Fsp3) is 0.0556. The van der Waals surface area contributed by atoms with E-state index in [-0.39, 0.29) is 5.56 Å². The number of halogens is 3. The van der Waals surface area contributed by atoms with Gasteiger partial charge in [-0.3, -0.25) is 4.79 Å². The molecule has 1 aromatic heterocycles. The second-order valence-electron chi connectivity index (χ2n) is 5.10. The molecular weight excluding hydrogens is 335 g/mol. The van der Waals surface area contributed by atoms with E-state index >= 15 is 0 Å². The third-order valence-electron chi connectivity index (χ3n) is 3.48. The molecule has 1 heterocycles. The minimum atomic E-state index is -0.807. The van der Waals surface area contributed by atoms with Crippen LogP contribution in [0.15, 0.2) is 60.0 Å². The van der Waals surface area contributed by atoms with Crippen LogP contribution in [0.4, 0.5) is 13.2 Å². The molecule has 2 nitrogen and oxygen atoms in total. The van der Waals surface area contributed by atoms with Crippen LogP contribution in [0.1, 0.15) is 26.8 Å². The Morgan fingerprint density at radius 2 is 1.67 bits per heavy atom. The van der Waals surface area contributed by atoms with Crippen molar-refractivity contribution in [2.45, 2.75) is 6.04 Å². The van der Waals surface area contributed by atoms with Gasteiger partial charge in [0.05, 0.1) is 11.6 Å². The van der Waals surface area contributed by atoms with Crippen molar-refractivity contribution in [2.75, 3.05) is 0 Å². The summed E-state index contributed by atoms with van der Waals surface area (Å²) in [7, 11) is 0. The number of carbonyl (C=O) groups is 1. The van der Waals surface area contributed by atoms with Gasteiger partial charge in [0.15, 0.2) is 0 Å². The maximum absolute atomic E-state index is 13.8. The largest absolute Gasteiger partial charge is 0.340 e. The van der Waals surface area contributed by atoms with E-state index in [1.807, 2.05) is 11.4 Å². The van der Waals surface area contributed by atoms with Gasteiger partial charge in [-0.25, -0.2) is 13.2 Å². The van der Waals surface area contributed by atoms with E-state index in [9.17, 15) is 18.0 Å². The molecule has 0 spiro atoms. The molecule has 1 N–H and O–H groups in total. The zero-order chi connectivity index (χ0) is 17.1. The zero-order valence-electron chi connectivity index (χ0n) is 12.3. The first kappa shape index (κ1) is 16.3. The Labute approximate surface area is 140 Å². The molecule has 3 aromatic rings. The Bertz CT molecular complexity index is 847. The molecule has 1 amide bonds. The first-order valence-electron chi connectivity index (χ1n) is 7.09. The molecule has 0 bridgehead atoms. The average Bonchev–Trinajstić information content (AvgIpc) is 3.10. The predicted molar refractivity (Wildman–Crippen MR) is 86.4 cm³/mol. The summed E-state index contributed by atoms with van der Waals surface area (Å²) in [6, 6.07) is 11.4. The Balaban J connectivity index is 1.93. The highest BCUT2D eigenvalue weighted by Gasteiger charge is 2.21. The van der Waals surface area contributed by atoms with Crippen molar-refractivity contribution in [3.8, 4) is 0 Å². The van der Waals surface area contributed by atoms with Crippen molar-refractivity contribution in [1.82, 2.24) is 5.32 Å². The molecular formula is C18H12F3NOS. The van der Waals surface area contributed by atoms with E-state index < -0.39 is 29.4 Å². The maximum Gasteiger partial charge on any atom is 0.255 e. The number of nitrogens with one attached hydrogen (secondary N) is 1. The third-order valence-corrected chi connectivity index (χ3v) is 4.42. The van der Waals surface area contributed by atoms with E-state index in [0.717, 1.165) is 23.1 Å². The lowest BCUT2D eigenvalue weighted by Crippen LogP contribution is -2.29. The van der Waals surface area contributed by atoms with Crippen LogP contribution in [0.2, 0.25) is 0 Å². The number of rotatable bonds is 4. The van der Waals surface area contributed by atoms with Crippen LogP contribution in [0.5, 0.6) is 0 Å². The van der Waals surface area contributed by atoms with Gasteiger partial charge in [0, 0.05) is 4.88 Å². The van der Waals surface area contributed by atoms with E-state index in [2.05, 4.69) is 5.32 Å². The highest BCUT2D eigenvalue weighted by molar-refractivity contribution is 7.10. The lowest BCUT2D eigenvalue weighted by Gasteiger charge is -2.18. The number of carbonyl (C=O) groups excluding carboxylic acids is 1. The van der Waals surface area contributed by atoms with E-state index in [1.165, 1.54) is 23.5 Å². The van der Waals surface area contributed by atoms with Crippen LogP contribution in [0.25, 0.3) is 0 Å². The Morgan fingerprint density at radius 1 is 0.958 bits per heavy atom. The third kappa shape index (κ3) is 3.49. The number of amides is 1. The topological polar surface area (TPSA) is 29.1 Å². The van der Waals surface area contributed by atoms with Gasteiger partial charge in [0.2, 0.25) is 0 Å². The van der Waals surface area contributed by atoms with Crippen LogP contribution in [0.3, 0.4) is 0 Å². The number of thiophene rings is 1. The Hall–Kier alpha value is -2.60. The SMILES string of the molecule is O=C(NC(c1ccc(F)cc1)c1cccs1)c1cc(F)ccc1F. The number of hydrogen-bond acceptors (Lipinski definition) is 2. The monoisotopic (exact) mass is 347 g/mol. The van der Waals surface area contributed by atoms with Crippen LogP contribution < -0.4 is 5.32 Å². The van der Waals surface area contributed by atoms with Crippen molar-refractivity contribution in [3.05, 3.63) is 93.4 Å². The van der Waals surface area contributed by atoms with E-state index in [0.29, 0.717) is 5.56 Å². The summed E-state index contributed by atoms with van der Waals surface area (Å²) in [5, 5.41) is 4.52. The Kier molecular flexibility index (Phi) is 4.66. The van der Waals surface area contributed by atoms with Crippen molar-refractivity contribution in [1.29, 1.82) is 0 Å². The van der Waals surface area contributed by atoms with Gasteiger partial charge in [-0.2, -0.15) is 0 Å². The van der Waals surface area contributed by atoms with Gasteiger partial charge in [0.25, 0.3) is 5.91 Å². The van der Waals surface area contributed by atoms with Crippen molar-refractivity contribution in [2.24, 2.45) is 0 Å². The summed E-state index contributed by atoms with van der Waals surface area (Å²) in [6.07, 6.45) is 0. The minimum absolute atomic E-state index is 0.376. The molecule has 24 heavy (non-hydrogen) atoms. The van der Waals surface area contributed by atoms with Crippen LogP contribution in [0, 0.1) is 17.5 Å². The molecule has 0 aliphatic rings. The van der Waals surface area contributed by atoms with Crippen molar-refractivity contribution < 1.29 is 18.0 Å². The molecule has 1 atom stereocenters. The lowest BCUT2D eigenvalue weighted by molar-refractivity contribution is 0.0939. The summed E-state index contributed by atoms with van der Waals surface area (Å²) in [5.74, 6) is -2.64. The quantitative estimate of drug-likeness (QED) is 0.729. The van der Waals surface area contributed by atoms with Crippen LogP contribution in [-0.2, 0) is 0 Å². The standard InChI is InChI=1S/C18H12F3NOS/c19-12-5-3-11(4-6-12)17(16-2-1-9-24-16)22-18(23)14-10-13(20)7-8-15(14)21/h1-10,17H,(H,22,23). The highest BCUT2D eigenvalue weighted by atomic mass is 32.1. The van der Waals surface area contributed by atoms with E-state index in [1.54, 1.807) is 18.2 Å². The maximum atomic E-state index is 13.8. The summed E-state index contributed by atoms with van der Waals surface area (Å²) >= 11 is 1.40. The van der Waals surface area contributed by atoms with Gasteiger partial charge >= 0.3 is 0 Å². The zero-order valence-corrected chi connectivity index (χ0v) is 13.1. The predicted octanol–water partition coefficient (Wildman–Crippen LogP) is 4.68. The fourth-order valence-corrected chi connectivity index (χ4v) is 3.11. The van der Waals surface area contributed by atoms with Crippen LogP contribution in [-0.4, -0.2) is 5.91 Å². The fourth-order valence-electron chi connectivity index (χ4n) is 2.31. The van der Waals surface area contributed by atoms with Gasteiger partial charge in [-0.15, -0.1) is 11.3 Å². The van der Waals surface area contributed by atoms with Gasteiger partial charge in [0.1, 0.15) is 17.5 Å². The summed E-state index contributed by atoms with van der Waals surface area (Å²) < 4.78 is 40.2. The highest BCUT2D eigenvalue weighted by Crippen LogP contribution is 2.27. The molecule has 0 saturated carbocycles. The molecule has 122 valence electrons. The summed E-state index contributed by atoms with van der Waals surface area (Å²) in [4.78, 5) is 13.2. The molecule has 0 aliphatic carbocycles. The van der Waals surface area contributed by atoms with Crippen LogP contribution >= 0.6 is 11.3 Å². The van der Waals surface area contributed by atoms with Gasteiger partial charge in [-0.05, 0) is 47.3 Å². The Morgan fingerprint density at radius 3 is 2.33 bits per heavy atom. The van der Waals surface area contributed by atoms with Gasteiger partial charge < -0.3 is 5.32 Å². The normalized spacial score (nSPS) is 12.0. The van der Waals surface area contributed by atoms with Gasteiger partial charge in [-0.1, -0.05) is 18.2 Å². The molecule has 0 fully saturated rings. The molecule has 6 heteroatoms. The second kappa shape index (κ2) is 6.88. The molecule has 3 rings (SSSR count). The number of benzene rings is 2. The minimum Gasteiger partial charge on any atom is -0.340 e. The average molecular weight is 347 g/mol. The molecule has 0 radical (unpaired) electrons. The van der Waals surface area contributed by atoms with Crippen molar-refractivity contribution >= 4 is 17.2 Å². The first-order chi connectivity index (χ1) is 11.5. The first-order valence-corrected chi connectivity index (χ1v) is 7.97. The lowest BCUT2D eigenvalue weighted by atomic mass is 10.0. The summed E-state index contributed by atoms with van der Waals surface area (Å²) in [6.45, 7) is 0. The summed E-state index contributed by atoms with van der Waals surface area (Å²) in [5.41, 5.74) is 0.266. The molecule has 0 aliphatic heterocycles. The number of hydrogen-bond donors (Lipinski definition) is 1. The molecule has 2 aromatic carbocycles. The second-order valence-corrected chi connectivity index (χ2v) is 6.08. The smallest absolute Gasteiger partial charge is 0.255 e. The van der Waals surface area contributed by atoms with Crippen molar-refractivity contribution in [3.63, 3.8) is 0 Å². The molecule has 1 unspecified atom stereocenters. The molecule has 0 saturated heterocycles. The van der Waals surface area contributed by atoms with E-state index in [4.69, 9.17) is 0 Å².